The van der Waals surface area contributed by atoms with E-state index in [1.54, 1.807) is 31.2 Å². The summed E-state index contributed by atoms with van der Waals surface area (Å²) in [4.78, 5) is 31.9. The van der Waals surface area contributed by atoms with Crippen molar-refractivity contribution in [1.29, 1.82) is 5.41 Å². The van der Waals surface area contributed by atoms with Gasteiger partial charge in [0.05, 0.1) is 40.8 Å². The minimum absolute atomic E-state index is 0.105. The van der Waals surface area contributed by atoms with Gasteiger partial charge in [-0.15, -0.1) is 0 Å². The van der Waals surface area contributed by atoms with Crippen LogP contribution in [-0.2, 0) is 25.3 Å². The second kappa shape index (κ2) is 18.7. The van der Waals surface area contributed by atoms with Crippen LogP contribution in [0.2, 0.25) is 28.2 Å². The molecule has 2 aromatic rings. The number of amides is 1. The summed E-state index contributed by atoms with van der Waals surface area (Å²) >= 11 is 16.8. The number of rotatable bonds is 16. The molecule has 1 aliphatic carbocycles. The molecule has 1 aromatic carbocycles. The molecule has 49 heavy (non-hydrogen) atoms. The van der Waals surface area contributed by atoms with Gasteiger partial charge in [-0.1, -0.05) is 78.1 Å². The number of ether oxygens (including phenoxy) is 1. The van der Waals surface area contributed by atoms with Crippen LogP contribution in [0.5, 0.6) is 0 Å². The first-order valence-electron chi connectivity index (χ1n) is 16.5. The molecule has 3 rings (SSSR count). The fourth-order valence-electron chi connectivity index (χ4n) is 6.13. The predicted octanol–water partition coefficient (Wildman–Crippen LogP) is 9.42. The van der Waals surface area contributed by atoms with Gasteiger partial charge in [-0.3, -0.25) is 14.6 Å². The Balaban J connectivity index is 2.11. The molecule has 1 saturated carbocycles. The Bertz CT molecular complexity index is 1460. The summed E-state index contributed by atoms with van der Waals surface area (Å²) in [5.41, 5.74) is -1.12. The molecule has 1 aromatic heterocycles. The quantitative estimate of drug-likeness (QED) is 0.0759. The number of nitrogens with zero attached hydrogens (tertiary/aromatic N) is 2. The van der Waals surface area contributed by atoms with E-state index >= 15 is 0 Å². The SMILES string of the molecule is CCOC(=O)[C@H]1CC[C@H](N/C(=C(\C=N)C(=O)N(Cc2ccccc2Br)CC(O[Si](CC)(CC)CC)c2c(Cl)cncc2Cl)C(F)(F)F)CC1. The zero-order valence-electron chi connectivity index (χ0n) is 28.1. The molecule has 1 heterocycles. The Hall–Kier alpha value is -2.45. The fraction of sp³-hybridized carbons (Fsp3) is 0.529. The lowest BCUT2D eigenvalue weighted by atomic mass is 9.86. The Kier molecular flexibility index (Phi) is 15.6. The van der Waals surface area contributed by atoms with Crippen molar-refractivity contribution in [2.45, 2.75) is 96.4 Å². The average Bonchev–Trinajstić information content (AvgIpc) is 3.07. The molecule has 1 aliphatic rings. The third-order valence-corrected chi connectivity index (χ3v) is 15.2. The zero-order chi connectivity index (χ0) is 36.4. The molecule has 270 valence electrons. The molecule has 1 fully saturated rings. The largest absolute Gasteiger partial charge is 0.466 e. The average molecular weight is 809 g/mol. The van der Waals surface area contributed by atoms with Crippen molar-refractivity contribution >= 4 is 65.5 Å². The second-order valence-corrected chi connectivity index (χ2v) is 18.4. The van der Waals surface area contributed by atoms with E-state index in [1.807, 2.05) is 20.8 Å². The van der Waals surface area contributed by atoms with Crippen LogP contribution in [0.4, 0.5) is 13.2 Å². The number of pyridine rings is 1. The van der Waals surface area contributed by atoms with Crippen LogP contribution < -0.4 is 5.32 Å². The van der Waals surface area contributed by atoms with Gasteiger partial charge in [0.15, 0.2) is 8.32 Å². The molecule has 1 amide bonds. The lowest BCUT2D eigenvalue weighted by Crippen LogP contribution is -2.44. The van der Waals surface area contributed by atoms with Gasteiger partial charge in [0.1, 0.15) is 5.70 Å². The predicted molar refractivity (Wildman–Crippen MR) is 192 cm³/mol. The Labute approximate surface area is 305 Å². The molecule has 1 unspecified atom stereocenters. The number of halogens is 6. The number of hydrogen-bond acceptors (Lipinski definition) is 7. The van der Waals surface area contributed by atoms with Crippen molar-refractivity contribution in [2.75, 3.05) is 13.2 Å². The molecule has 15 heteroatoms. The normalized spacial score (nSPS) is 17.9. The number of alkyl halides is 3. The minimum atomic E-state index is -4.98. The maximum Gasteiger partial charge on any atom is 0.431 e. The van der Waals surface area contributed by atoms with Gasteiger partial charge in [-0.05, 0) is 62.4 Å². The van der Waals surface area contributed by atoms with E-state index in [4.69, 9.17) is 37.8 Å². The summed E-state index contributed by atoms with van der Waals surface area (Å²) in [7, 11) is -2.42. The van der Waals surface area contributed by atoms with E-state index in [0.717, 1.165) is 18.1 Å². The first-order valence-corrected chi connectivity index (χ1v) is 20.6. The number of esters is 1. The number of aromatic nitrogens is 1. The van der Waals surface area contributed by atoms with Gasteiger partial charge < -0.3 is 24.8 Å². The number of carbonyl (C=O) groups is 2. The Morgan fingerprint density at radius 1 is 1.08 bits per heavy atom. The van der Waals surface area contributed by atoms with E-state index < -0.39 is 49.7 Å². The summed E-state index contributed by atoms with van der Waals surface area (Å²) in [5.74, 6) is -1.77. The molecule has 0 spiro atoms. The monoisotopic (exact) mass is 806 g/mol. The van der Waals surface area contributed by atoms with Crippen molar-refractivity contribution in [2.24, 2.45) is 5.92 Å². The lowest BCUT2D eigenvalue weighted by molar-refractivity contribution is -0.149. The van der Waals surface area contributed by atoms with Crippen LogP contribution in [-0.4, -0.2) is 61.7 Å². The first kappa shape index (κ1) is 41.0. The van der Waals surface area contributed by atoms with Gasteiger partial charge in [0.2, 0.25) is 0 Å². The molecular weight excluding hydrogens is 764 g/mol. The van der Waals surface area contributed by atoms with E-state index in [0.29, 0.717) is 34.7 Å². The van der Waals surface area contributed by atoms with E-state index in [9.17, 15) is 22.8 Å². The standard InChI is InChI=1S/C34H44BrCl2F3N4O4Si/c1-5-47-33(46)22-13-15-24(16-14-22)43-31(34(38,39)40)25(17-41)32(45)44(20-23-11-9-10-12-26(23)35)21-29(48-49(6-2,7-3)8-4)30-27(36)18-42-19-28(30)37/h9-12,17-19,22,24,29,41,43H,5-8,13-16,20-21H2,1-4H3/b31-25+,41-17?/t22-,24-,29?. The Morgan fingerprint density at radius 2 is 1.67 bits per heavy atom. The van der Waals surface area contributed by atoms with Crippen molar-refractivity contribution in [3.63, 3.8) is 0 Å². The highest BCUT2D eigenvalue weighted by Gasteiger charge is 2.42. The molecule has 8 nitrogen and oxygen atoms in total. The van der Waals surface area contributed by atoms with Crippen LogP contribution in [0.3, 0.4) is 0 Å². The highest BCUT2D eigenvalue weighted by molar-refractivity contribution is 9.10. The summed E-state index contributed by atoms with van der Waals surface area (Å²) in [6, 6.07) is 8.67. The summed E-state index contributed by atoms with van der Waals surface area (Å²) in [6.07, 6.45) is -1.40. The highest BCUT2D eigenvalue weighted by Crippen LogP contribution is 2.38. The van der Waals surface area contributed by atoms with Gasteiger partial charge in [-0.2, -0.15) is 13.2 Å². The number of benzene rings is 1. The van der Waals surface area contributed by atoms with Crippen LogP contribution in [0, 0.1) is 11.3 Å². The maximum absolute atomic E-state index is 14.8. The van der Waals surface area contributed by atoms with E-state index in [1.165, 1.54) is 17.3 Å². The lowest BCUT2D eigenvalue weighted by Gasteiger charge is -2.37. The van der Waals surface area contributed by atoms with E-state index in [2.05, 4.69) is 26.2 Å². The third kappa shape index (κ3) is 10.8. The van der Waals surface area contributed by atoms with Crippen molar-refractivity contribution in [1.82, 2.24) is 15.2 Å². The first-order chi connectivity index (χ1) is 23.2. The van der Waals surface area contributed by atoms with Crippen LogP contribution in [0.15, 0.2) is 52.4 Å². The van der Waals surface area contributed by atoms with Crippen LogP contribution >= 0.6 is 39.1 Å². The van der Waals surface area contributed by atoms with Crippen molar-refractivity contribution < 1.29 is 31.9 Å². The summed E-state index contributed by atoms with van der Waals surface area (Å²) in [5, 5.41) is 11.0. The molecule has 0 bridgehead atoms. The van der Waals surface area contributed by atoms with Crippen LogP contribution in [0.25, 0.3) is 0 Å². The number of carbonyl (C=O) groups excluding carboxylic acids is 2. The van der Waals surface area contributed by atoms with Gasteiger partial charge in [0, 0.05) is 41.2 Å². The van der Waals surface area contributed by atoms with Gasteiger partial charge in [-0.25, -0.2) is 0 Å². The maximum atomic E-state index is 14.8. The molecule has 0 saturated heterocycles. The topological polar surface area (TPSA) is 105 Å². The number of nitrogens with one attached hydrogen (secondary N) is 2. The molecule has 0 aliphatic heterocycles. The molecule has 0 radical (unpaired) electrons. The molecule has 2 N–H and O–H groups in total. The third-order valence-electron chi connectivity index (χ3n) is 9.15. The number of hydrogen-bond donors (Lipinski definition) is 2. The minimum Gasteiger partial charge on any atom is -0.466 e. The summed E-state index contributed by atoms with van der Waals surface area (Å²) in [6.45, 7) is 7.72. The number of allylic oxidation sites excluding steroid dienone is 1. The summed E-state index contributed by atoms with van der Waals surface area (Å²) < 4.78 is 57.0. The van der Waals surface area contributed by atoms with Gasteiger partial charge in [0.25, 0.3) is 5.91 Å². The second-order valence-electron chi connectivity index (χ2n) is 12.0. The van der Waals surface area contributed by atoms with Crippen molar-refractivity contribution in [3.8, 4) is 0 Å². The Morgan fingerprint density at radius 3 is 2.18 bits per heavy atom. The molecular formula is C34H44BrCl2F3N4O4Si. The zero-order valence-corrected chi connectivity index (χ0v) is 32.2. The molecule has 1 atom stereocenters. The van der Waals surface area contributed by atoms with Gasteiger partial charge >= 0.3 is 12.1 Å². The van der Waals surface area contributed by atoms with Crippen molar-refractivity contribution in [3.05, 3.63) is 73.6 Å². The highest BCUT2D eigenvalue weighted by atomic mass is 79.9. The van der Waals surface area contributed by atoms with E-state index in [-0.39, 0.29) is 48.6 Å². The fourth-order valence-corrected chi connectivity index (χ4v) is 9.95. The van der Waals surface area contributed by atoms with Crippen LogP contribution in [0.1, 0.15) is 70.6 Å². The smallest absolute Gasteiger partial charge is 0.431 e.